The standard InChI is InChI=1S/C23H22N4O/c1-16-9-11-24-21-8-7-18(13-20(16)21)14-25-26-23(28)10-12-27-15-17(2)19-5-3-4-6-22(19)27/h3-9,11,13-15H,10,12H2,1-2H3,(H,26,28). The van der Waals surface area contributed by atoms with Crippen molar-refractivity contribution in [1.29, 1.82) is 0 Å². The number of hydrogen-bond donors (Lipinski definition) is 1. The largest absolute Gasteiger partial charge is 0.347 e. The number of nitrogens with one attached hydrogen (secondary N) is 1. The second kappa shape index (κ2) is 7.64. The van der Waals surface area contributed by atoms with E-state index in [1.807, 2.05) is 36.4 Å². The average molecular weight is 370 g/mol. The smallest absolute Gasteiger partial charge is 0.241 e. The number of benzene rings is 2. The molecule has 2 aromatic carbocycles. The summed E-state index contributed by atoms with van der Waals surface area (Å²) in [5, 5.41) is 6.42. The Morgan fingerprint density at radius 1 is 1.11 bits per heavy atom. The molecule has 1 N–H and O–H groups in total. The van der Waals surface area contributed by atoms with Gasteiger partial charge in [-0.1, -0.05) is 24.3 Å². The second-order valence-corrected chi connectivity index (χ2v) is 6.97. The minimum atomic E-state index is -0.106. The minimum absolute atomic E-state index is 0.106. The van der Waals surface area contributed by atoms with Crippen molar-refractivity contribution in [3.63, 3.8) is 0 Å². The lowest BCUT2D eigenvalue weighted by molar-refractivity contribution is -0.121. The van der Waals surface area contributed by atoms with E-state index in [9.17, 15) is 4.79 Å². The maximum Gasteiger partial charge on any atom is 0.241 e. The molecule has 0 aliphatic rings. The van der Waals surface area contributed by atoms with Crippen LogP contribution in [0.2, 0.25) is 0 Å². The highest BCUT2D eigenvalue weighted by atomic mass is 16.2. The van der Waals surface area contributed by atoms with E-state index < -0.39 is 0 Å². The van der Waals surface area contributed by atoms with Gasteiger partial charge in [-0.2, -0.15) is 5.10 Å². The Kier molecular flexibility index (Phi) is 4.89. The molecule has 0 aliphatic carbocycles. The zero-order chi connectivity index (χ0) is 19.5. The number of pyridine rings is 1. The fourth-order valence-corrected chi connectivity index (χ4v) is 3.45. The normalized spacial score (nSPS) is 11.5. The molecule has 140 valence electrons. The molecule has 4 aromatic rings. The molecule has 2 aromatic heterocycles. The van der Waals surface area contributed by atoms with Gasteiger partial charge in [0.1, 0.15) is 0 Å². The molecule has 1 amide bonds. The first-order chi connectivity index (χ1) is 13.6. The van der Waals surface area contributed by atoms with Gasteiger partial charge in [0.25, 0.3) is 0 Å². The number of rotatable bonds is 5. The molecule has 0 saturated carbocycles. The molecule has 28 heavy (non-hydrogen) atoms. The molecule has 0 unspecified atom stereocenters. The Morgan fingerprint density at radius 2 is 1.96 bits per heavy atom. The van der Waals surface area contributed by atoms with Crippen LogP contribution in [-0.2, 0) is 11.3 Å². The molecule has 2 heterocycles. The maximum absolute atomic E-state index is 12.2. The lowest BCUT2D eigenvalue weighted by Gasteiger charge is -2.05. The fourth-order valence-electron chi connectivity index (χ4n) is 3.45. The fraction of sp³-hybridized carbons (Fsp3) is 0.174. The van der Waals surface area contributed by atoms with Gasteiger partial charge in [0, 0.05) is 41.6 Å². The Labute approximate surface area is 163 Å². The van der Waals surface area contributed by atoms with Gasteiger partial charge in [-0.05, 0) is 54.8 Å². The third-order valence-corrected chi connectivity index (χ3v) is 4.95. The van der Waals surface area contributed by atoms with E-state index in [2.05, 4.69) is 52.3 Å². The first-order valence-electron chi connectivity index (χ1n) is 9.33. The molecule has 0 fully saturated rings. The highest BCUT2D eigenvalue weighted by molar-refractivity contribution is 5.90. The predicted molar refractivity (Wildman–Crippen MR) is 114 cm³/mol. The summed E-state index contributed by atoms with van der Waals surface area (Å²) < 4.78 is 2.12. The Hall–Kier alpha value is -3.47. The van der Waals surface area contributed by atoms with Crippen LogP contribution in [0.1, 0.15) is 23.1 Å². The van der Waals surface area contributed by atoms with Crippen LogP contribution in [0.15, 0.2) is 66.0 Å². The van der Waals surface area contributed by atoms with E-state index in [0.29, 0.717) is 13.0 Å². The Balaban J connectivity index is 1.38. The third kappa shape index (κ3) is 3.64. The van der Waals surface area contributed by atoms with E-state index in [4.69, 9.17) is 0 Å². The number of para-hydroxylation sites is 1. The van der Waals surface area contributed by atoms with E-state index in [1.165, 1.54) is 16.5 Å². The first kappa shape index (κ1) is 17.9. The van der Waals surface area contributed by atoms with Gasteiger partial charge in [0.2, 0.25) is 5.91 Å². The first-order valence-corrected chi connectivity index (χ1v) is 9.33. The third-order valence-electron chi connectivity index (χ3n) is 4.95. The highest BCUT2D eigenvalue weighted by Gasteiger charge is 2.06. The summed E-state index contributed by atoms with van der Waals surface area (Å²) in [6.45, 7) is 4.76. The molecular weight excluding hydrogens is 348 g/mol. The van der Waals surface area contributed by atoms with Gasteiger partial charge in [-0.15, -0.1) is 0 Å². The van der Waals surface area contributed by atoms with Gasteiger partial charge in [-0.25, -0.2) is 5.43 Å². The number of aromatic nitrogens is 2. The molecule has 5 nitrogen and oxygen atoms in total. The van der Waals surface area contributed by atoms with E-state index >= 15 is 0 Å². The number of hydrazone groups is 1. The zero-order valence-electron chi connectivity index (χ0n) is 16.0. The van der Waals surface area contributed by atoms with Crippen LogP contribution in [0.25, 0.3) is 21.8 Å². The van der Waals surface area contributed by atoms with E-state index in [0.717, 1.165) is 22.0 Å². The molecule has 0 bridgehead atoms. The van der Waals surface area contributed by atoms with Crippen LogP contribution in [0.5, 0.6) is 0 Å². The quantitative estimate of drug-likeness (QED) is 0.419. The summed E-state index contributed by atoms with van der Waals surface area (Å²) in [4.78, 5) is 16.5. The monoisotopic (exact) mass is 370 g/mol. The van der Waals surface area contributed by atoms with Crippen LogP contribution in [0.4, 0.5) is 0 Å². The number of nitrogens with zero attached hydrogens (tertiary/aromatic N) is 3. The summed E-state index contributed by atoms with van der Waals surface area (Å²) in [5.74, 6) is -0.106. The van der Waals surface area contributed by atoms with E-state index in [-0.39, 0.29) is 5.91 Å². The van der Waals surface area contributed by atoms with Crippen LogP contribution < -0.4 is 5.43 Å². The van der Waals surface area contributed by atoms with Crippen molar-refractivity contribution in [2.75, 3.05) is 0 Å². The minimum Gasteiger partial charge on any atom is -0.347 e. The maximum atomic E-state index is 12.2. The Morgan fingerprint density at radius 3 is 2.86 bits per heavy atom. The molecule has 0 atom stereocenters. The van der Waals surface area contributed by atoms with Gasteiger partial charge in [0.05, 0.1) is 11.7 Å². The molecule has 5 heteroatoms. The number of aryl methyl sites for hydroxylation is 3. The molecule has 0 spiro atoms. The SMILES string of the molecule is Cc1ccnc2ccc(C=NNC(=O)CCn3cc(C)c4ccccc43)cc12. The molecular formula is C23H22N4O. The average Bonchev–Trinajstić information content (AvgIpc) is 3.03. The van der Waals surface area contributed by atoms with Crippen molar-refractivity contribution in [1.82, 2.24) is 15.0 Å². The van der Waals surface area contributed by atoms with Crippen LogP contribution in [0.3, 0.4) is 0 Å². The van der Waals surface area contributed by atoms with Crippen LogP contribution in [0, 0.1) is 13.8 Å². The Bertz CT molecular complexity index is 1190. The van der Waals surface area contributed by atoms with Crippen molar-refractivity contribution in [3.05, 3.63) is 77.6 Å². The van der Waals surface area contributed by atoms with Crippen molar-refractivity contribution in [3.8, 4) is 0 Å². The number of carbonyl (C=O) groups excluding carboxylic acids is 1. The lowest BCUT2D eigenvalue weighted by atomic mass is 10.1. The van der Waals surface area contributed by atoms with E-state index in [1.54, 1.807) is 12.4 Å². The van der Waals surface area contributed by atoms with Gasteiger partial charge >= 0.3 is 0 Å². The summed E-state index contributed by atoms with van der Waals surface area (Å²) in [6, 6.07) is 16.2. The van der Waals surface area contributed by atoms with Crippen molar-refractivity contribution >= 4 is 33.9 Å². The summed E-state index contributed by atoms with van der Waals surface area (Å²) in [5.41, 5.74) is 8.03. The van der Waals surface area contributed by atoms with Crippen molar-refractivity contribution < 1.29 is 4.79 Å². The van der Waals surface area contributed by atoms with Crippen molar-refractivity contribution in [2.24, 2.45) is 5.10 Å². The number of carbonyl (C=O) groups is 1. The summed E-state index contributed by atoms with van der Waals surface area (Å²) in [7, 11) is 0. The van der Waals surface area contributed by atoms with Crippen molar-refractivity contribution in [2.45, 2.75) is 26.8 Å². The number of hydrogen-bond acceptors (Lipinski definition) is 3. The van der Waals surface area contributed by atoms with Gasteiger partial charge < -0.3 is 4.57 Å². The number of amides is 1. The topological polar surface area (TPSA) is 59.3 Å². The van der Waals surface area contributed by atoms with Crippen LogP contribution >= 0.6 is 0 Å². The molecule has 0 aliphatic heterocycles. The van der Waals surface area contributed by atoms with Crippen LogP contribution in [-0.4, -0.2) is 21.7 Å². The predicted octanol–water partition coefficient (Wildman–Crippen LogP) is 4.35. The molecule has 0 saturated heterocycles. The van der Waals surface area contributed by atoms with Gasteiger partial charge in [0.15, 0.2) is 0 Å². The molecule has 0 radical (unpaired) electrons. The summed E-state index contributed by atoms with van der Waals surface area (Å²) >= 11 is 0. The van der Waals surface area contributed by atoms with Gasteiger partial charge in [-0.3, -0.25) is 9.78 Å². The zero-order valence-corrected chi connectivity index (χ0v) is 16.0. The second-order valence-electron chi connectivity index (χ2n) is 6.97. The molecule has 4 rings (SSSR count). The lowest BCUT2D eigenvalue weighted by Crippen LogP contribution is -2.19. The summed E-state index contributed by atoms with van der Waals surface area (Å²) in [6.07, 6.45) is 5.93. The highest BCUT2D eigenvalue weighted by Crippen LogP contribution is 2.20. The number of fused-ring (bicyclic) bond motifs is 2.